The number of nitrogen functional groups attached to an aromatic ring is 1. The van der Waals surface area contributed by atoms with Gasteiger partial charge in [-0.2, -0.15) is 5.10 Å². The van der Waals surface area contributed by atoms with E-state index in [0.717, 1.165) is 17.8 Å². The summed E-state index contributed by atoms with van der Waals surface area (Å²) in [5, 5.41) is 4.25. The van der Waals surface area contributed by atoms with E-state index in [1.54, 1.807) is 13.3 Å². The van der Waals surface area contributed by atoms with E-state index < -0.39 is 0 Å². The smallest absolute Gasteiger partial charge is 0.181 e. The molecule has 0 radical (unpaired) electrons. The first-order chi connectivity index (χ1) is 9.24. The predicted molar refractivity (Wildman–Crippen MR) is 73.1 cm³/mol. The van der Waals surface area contributed by atoms with Crippen molar-refractivity contribution < 1.29 is 4.74 Å². The molecule has 0 fully saturated rings. The van der Waals surface area contributed by atoms with E-state index in [1.807, 2.05) is 40.5 Å². The molecule has 0 unspecified atom stereocenters. The molecule has 3 aromatic heterocycles. The van der Waals surface area contributed by atoms with Gasteiger partial charge < -0.3 is 10.5 Å². The summed E-state index contributed by atoms with van der Waals surface area (Å²) >= 11 is 0. The lowest BCUT2D eigenvalue weighted by Gasteiger charge is -2.01. The fraction of sp³-hybridized carbons (Fsp3) is 0.231. The van der Waals surface area contributed by atoms with Crippen molar-refractivity contribution in [2.75, 3.05) is 12.8 Å². The average Bonchev–Trinajstić information content (AvgIpc) is 3.03. The van der Waals surface area contributed by atoms with Gasteiger partial charge in [-0.3, -0.25) is 9.08 Å². The number of fused-ring (bicyclic) bond motifs is 1. The van der Waals surface area contributed by atoms with Crippen LogP contribution in [0.1, 0.15) is 6.92 Å². The maximum absolute atomic E-state index is 6.15. The molecule has 3 rings (SSSR count). The number of aromatic nitrogens is 4. The molecule has 0 bridgehead atoms. The number of imidazole rings is 1. The maximum Gasteiger partial charge on any atom is 0.181 e. The van der Waals surface area contributed by atoms with Gasteiger partial charge in [0.1, 0.15) is 11.5 Å². The Morgan fingerprint density at radius 2 is 2.26 bits per heavy atom. The monoisotopic (exact) mass is 257 g/mol. The van der Waals surface area contributed by atoms with E-state index >= 15 is 0 Å². The molecule has 0 spiro atoms. The summed E-state index contributed by atoms with van der Waals surface area (Å²) < 4.78 is 8.96. The molecule has 0 saturated carbocycles. The van der Waals surface area contributed by atoms with Crippen LogP contribution < -0.4 is 10.5 Å². The number of aryl methyl sites for hydroxylation is 1. The second kappa shape index (κ2) is 4.31. The fourth-order valence-electron chi connectivity index (χ4n) is 2.09. The summed E-state index contributed by atoms with van der Waals surface area (Å²) in [6.45, 7) is 2.85. The van der Waals surface area contributed by atoms with Crippen LogP contribution in [0, 0.1) is 0 Å². The summed E-state index contributed by atoms with van der Waals surface area (Å²) in [5.41, 5.74) is 8.50. The van der Waals surface area contributed by atoms with E-state index in [0.29, 0.717) is 17.2 Å². The third kappa shape index (κ3) is 1.72. The zero-order valence-corrected chi connectivity index (χ0v) is 10.9. The van der Waals surface area contributed by atoms with Crippen LogP contribution >= 0.6 is 0 Å². The van der Waals surface area contributed by atoms with Crippen molar-refractivity contribution in [3.05, 3.63) is 30.7 Å². The lowest BCUT2D eigenvalue weighted by atomic mass is 10.2. The first-order valence-electron chi connectivity index (χ1n) is 6.08. The molecule has 3 aromatic rings. The van der Waals surface area contributed by atoms with Gasteiger partial charge in [-0.05, 0) is 19.1 Å². The van der Waals surface area contributed by atoms with E-state index in [-0.39, 0.29) is 0 Å². The van der Waals surface area contributed by atoms with Gasteiger partial charge in [0.2, 0.25) is 0 Å². The Bertz CT molecular complexity index is 728. The number of ether oxygens (including phenoxy) is 1. The normalized spacial score (nSPS) is 11.1. The summed E-state index contributed by atoms with van der Waals surface area (Å²) in [7, 11) is 1.62. The number of hydrogen-bond acceptors (Lipinski definition) is 4. The van der Waals surface area contributed by atoms with Crippen LogP contribution in [-0.4, -0.2) is 26.3 Å². The Hall–Kier alpha value is -2.50. The van der Waals surface area contributed by atoms with Crippen LogP contribution in [0.5, 0.6) is 5.75 Å². The highest BCUT2D eigenvalue weighted by Crippen LogP contribution is 2.29. The highest BCUT2D eigenvalue weighted by atomic mass is 16.5. The van der Waals surface area contributed by atoms with E-state index in [4.69, 9.17) is 10.5 Å². The number of rotatable bonds is 3. The van der Waals surface area contributed by atoms with Crippen LogP contribution in [0.3, 0.4) is 0 Å². The number of anilines is 1. The standard InChI is InChI=1S/C13H15N5O/c1-3-17-8-9(7-15-17)11-12(14)18-6-4-5-10(19-2)13(18)16-11/h4-8H,3,14H2,1-2H3. The first-order valence-corrected chi connectivity index (χ1v) is 6.08. The highest BCUT2D eigenvalue weighted by molar-refractivity contribution is 5.76. The van der Waals surface area contributed by atoms with Gasteiger partial charge in [0, 0.05) is 24.5 Å². The minimum absolute atomic E-state index is 0.588. The first kappa shape index (κ1) is 11.6. The minimum atomic E-state index is 0.588. The van der Waals surface area contributed by atoms with Gasteiger partial charge in [0.15, 0.2) is 11.4 Å². The molecule has 2 N–H and O–H groups in total. The lowest BCUT2D eigenvalue weighted by Crippen LogP contribution is -1.95. The zero-order chi connectivity index (χ0) is 13.4. The Morgan fingerprint density at radius 3 is 2.95 bits per heavy atom. The van der Waals surface area contributed by atoms with Gasteiger partial charge in [-0.1, -0.05) is 0 Å². The van der Waals surface area contributed by atoms with E-state index in [1.165, 1.54) is 0 Å². The third-order valence-electron chi connectivity index (χ3n) is 3.10. The summed E-state index contributed by atoms with van der Waals surface area (Å²) in [5.74, 6) is 1.29. The van der Waals surface area contributed by atoms with Crippen LogP contribution in [0.25, 0.3) is 16.9 Å². The average molecular weight is 257 g/mol. The molecule has 0 aliphatic carbocycles. The second-order valence-electron chi connectivity index (χ2n) is 4.20. The molecule has 3 heterocycles. The Balaban J connectivity index is 2.22. The van der Waals surface area contributed by atoms with Crippen molar-refractivity contribution in [2.45, 2.75) is 13.5 Å². The molecule has 0 amide bonds. The van der Waals surface area contributed by atoms with Crippen molar-refractivity contribution in [1.82, 2.24) is 19.2 Å². The third-order valence-corrected chi connectivity index (χ3v) is 3.10. The molecule has 0 atom stereocenters. The molecular formula is C13H15N5O. The molecule has 98 valence electrons. The SMILES string of the molecule is CCn1cc(-c2nc3c(OC)cccn3c2N)cn1. The van der Waals surface area contributed by atoms with Gasteiger partial charge in [-0.15, -0.1) is 0 Å². The maximum atomic E-state index is 6.15. The van der Waals surface area contributed by atoms with Gasteiger partial charge in [0.25, 0.3) is 0 Å². The van der Waals surface area contributed by atoms with Crippen molar-refractivity contribution in [3.63, 3.8) is 0 Å². The minimum Gasteiger partial charge on any atom is -0.493 e. The van der Waals surface area contributed by atoms with Gasteiger partial charge in [0.05, 0.1) is 13.3 Å². The number of nitrogens with two attached hydrogens (primary N) is 1. The van der Waals surface area contributed by atoms with Gasteiger partial charge >= 0.3 is 0 Å². The number of hydrogen-bond donors (Lipinski definition) is 1. The van der Waals surface area contributed by atoms with Crippen molar-refractivity contribution in [1.29, 1.82) is 0 Å². The van der Waals surface area contributed by atoms with Crippen LogP contribution in [-0.2, 0) is 6.54 Å². The second-order valence-corrected chi connectivity index (χ2v) is 4.20. The molecule has 0 saturated heterocycles. The summed E-state index contributed by atoms with van der Waals surface area (Å²) in [6, 6.07) is 3.74. The molecule has 6 heteroatoms. The van der Waals surface area contributed by atoms with Crippen LogP contribution in [0.2, 0.25) is 0 Å². The molecule has 6 nitrogen and oxygen atoms in total. The predicted octanol–water partition coefficient (Wildman–Crippen LogP) is 1.81. The van der Waals surface area contributed by atoms with Crippen molar-refractivity contribution >= 4 is 11.5 Å². The number of methoxy groups -OCH3 is 1. The molecule has 0 aliphatic heterocycles. The summed E-state index contributed by atoms with van der Waals surface area (Å²) in [4.78, 5) is 4.56. The van der Waals surface area contributed by atoms with Crippen molar-refractivity contribution in [2.24, 2.45) is 0 Å². The number of nitrogens with zero attached hydrogens (tertiary/aromatic N) is 4. The Morgan fingerprint density at radius 1 is 1.42 bits per heavy atom. The van der Waals surface area contributed by atoms with Crippen molar-refractivity contribution in [3.8, 4) is 17.0 Å². The van der Waals surface area contributed by atoms with Crippen LogP contribution in [0.4, 0.5) is 5.82 Å². The van der Waals surface area contributed by atoms with Gasteiger partial charge in [-0.25, -0.2) is 4.98 Å². The lowest BCUT2D eigenvalue weighted by molar-refractivity contribution is 0.417. The number of pyridine rings is 1. The molecule has 0 aliphatic rings. The topological polar surface area (TPSA) is 70.4 Å². The summed E-state index contributed by atoms with van der Waals surface area (Å²) in [6.07, 6.45) is 5.58. The largest absolute Gasteiger partial charge is 0.493 e. The highest BCUT2D eigenvalue weighted by Gasteiger charge is 2.15. The molecular weight excluding hydrogens is 242 g/mol. The molecule has 0 aromatic carbocycles. The molecule has 19 heavy (non-hydrogen) atoms. The quantitative estimate of drug-likeness (QED) is 0.776. The zero-order valence-electron chi connectivity index (χ0n) is 10.9. The van der Waals surface area contributed by atoms with E-state index in [9.17, 15) is 0 Å². The fourth-order valence-corrected chi connectivity index (χ4v) is 2.09. The van der Waals surface area contributed by atoms with E-state index in [2.05, 4.69) is 10.1 Å². The van der Waals surface area contributed by atoms with Crippen LogP contribution in [0.15, 0.2) is 30.7 Å². The Labute approximate surface area is 110 Å². The Kier molecular flexibility index (Phi) is 2.63.